The zero-order chi connectivity index (χ0) is 16.4. The van der Waals surface area contributed by atoms with Gasteiger partial charge in [-0.05, 0) is 29.8 Å². The Labute approximate surface area is 135 Å². The third-order valence-corrected chi connectivity index (χ3v) is 3.43. The number of ether oxygens (including phenoxy) is 1. The third-order valence-electron chi connectivity index (χ3n) is 3.19. The number of nitrogens with zero attached hydrogens (tertiary/aromatic N) is 1. The number of carbonyl (C=O) groups is 1. The van der Waals surface area contributed by atoms with Crippen molar-refractivity contribution in [1.29, 1.82) is 0 Å². The molecule has 1 heterocycles. The minimum absolute atomic E-state index is 0.108. The van der Waals surface area contributed by atoms with Crippen molar-refractivity contribution in [3.8, 4) is 5.75 Å². The first kappa shape index (κ1) is 15.1. The molecule has 6 nitrogen and oxygen atoms in total. The standard InChI is InChI=1S/C16H11ClN2O4/c17-10-3-1-2-9(6-10)7-14-18-13-8-11(23-16(21)22)4-5-12(13)15(20)19-14/h1-6,8H,7H2,(H,21,22)(H,18,19,20). The summed E-state index contributed by atoms with van der Waals surface area (Å²) in [5.74, 6) is 0.564. The van der Waals surface area contributed by atoms with Crippen LogP contribution in [0.4, 0.5) is 4.79 Å². The predicted molar refractivity (Wildman–Crippen MR) is 85.3 cm³/mol. The lowest BCUT2D eigenvalue weighted by molar-refractivity contribution is 0.144. The van der Waals surface area contributed by atoms with Gasteiger partial charge in [-0.3, -0.25) is 4.79 Å². The molecule has 0 saturated heterocycles. The summed E-state index contributed by atoms with van der Waals surface area (Å²) < 4.78 is 4.58. The molecule has 0 bridgehead atoms. The smallest absolute Gasteiger partial charge is 0.449 e. The van der Waals surface area contributed by atoms with E-state index >= 15 is 0 Å². The van der Waals surface area contributed by atoms with Gasteiger partial charge in [0.05, 0.1) is 10.9 Å². The third kappa shape index (κ3) is 3.49. The second-order valence-corrected chi connectivity index (χ2v) is 5.30. The fraction of sp³-hybridized carbons (Fsp3) is 0.0625. The van der Waals surface area contributed by atoms with E-state index in [-0.39, 0.29) is 11.3 Å². The number of nitrogens with one attached hydrogen (secondary N) is 1. The Morgan fingerprint density at radius 3 is 2.83 bits per heavy atom. The van der Waals surface area contributed by atoms with Crippen LogP contribution >= 0.6 is 11.6 Å². The summed E-state index contributed by atoms with van der Waals surface area (Å²) in [6, 6.07) is 11.5. The van der Waals surface area contributed by atoms with Crippen LogP contribution in [0, 0.1) is 0 Å². The van der Waals surface area contributed by atoms with E-state index in [1.807, 2.05) is 12.1 Å². The zero-order valence-electron chi connectivity index (χ0n) is 11.7. The maximum Gasteiger partial charge on any atom is 0.511 e. The van der Waals surface area contributed by atoms with Gasteiger partial charge in [-0.15, -0.1) is 0 Å². The summed E-state index contributed by atoms with van der Waals surface area (Å²) in [4.78, 5) is 29.8. The number of benzene rings is 2. The van der Waals surface area contributed by atoms with Crippen LogP contribution in [0.3, 0.4) is 0 Å². The van der Waals surface area contributed by atoms with E-state index in [1.165, 1.54) is 18.2 Å². The quantitative estimate of drug-likeness (QED) is 0.568. The second kappa shape index (κ2) is 6.10. The van der Waals surface area contributed by atoms with Gasteiger partial charge >= 0.3 is 6.16 Å². The van der Waals surface area contributed by atoms with Crippen molar-refractivity contribution in [3.63, 3.8) is 0 Å². The first-order valence-electron chi connectivity index (χ1n) is 6.69. The maximum absolute atomic E-state index is 12.1. The molecule has 0 radical (unpaired) electrons. The van der Waals surface area contributed by atoms with Gasteiger partial charge in [-0.25, -0.2) is 9.78 Å². The summed E-state index contributed by atoms with van der Waals surface area (Å²) in [6.45, 7) is 0. The Hall–Kier alpha value is -2.86. The largest absolute Gasteiger partial charge is 0.511 e. The monoisotopic (exact) mass is 330 g/mol. The van der Waals surface area contributed by atoms with Gasteiger partial charge in [0.1, 0.15) is 11.6 Å². The molecule has 0 aliphatic carbocycles. The van der Waals surface area contributed by atoms with Crippen LogP contribution in [-0.2, 0) is 6.42 Å². The SMILES string of the molecule is O=C(O)Oc1ccc2c(=O)[nH]c(Cc3cccc(Cl)c3)nc2c1. The van der Waals surface area contributed by atoms with Gasteiger partial charge in [0.25, 0.3) is 5.56 Å². The van der Waals surface area contributed by atoms with Crippen LogP contribution in [0.25, 0.3) is 10.9 Å². The first-order chi connectivity index (χ1) is 11.0. The highest BCUT2D eigenvalue weighted by molar-refractivity contribution is 6.30. The Morgan fingerprint density at radius 1 is 1.26 bits per heavy atom. The van der Waals surface area contributed by atoms with Crippen LogP contribution < -0.4 is 10.3 Å². The number of fused-ring (bicyclic) bond motifs is 1. The van der Waals surface area contributed by atoms with Gasteiger partial charge in [0.15, 0.2) is 0 Å². The van der Waals surface area contributed by atoms with Crippen molar-refractivity contribution in [2.45, 2.75) is 6.42 Å². The number of aromatic amines is 1. The van der Waals surface area contributed by atoms with Crippen molar-refractivity contribution < 1.29 is 14.6 Å². The van der Waals surface area contributed by atoms with Crippen molar-refractivity contribution >= 4 is 28.7 Å². The molecular weight excluding hydrogens is 320 g/mol. The fourth-order valence-electron chi connectivity index (χ4n) is 2.26. The molecule has 23 heavy (non-hydrogen) atoms. The molecule has 3 rings (SSSR count). The molecule has 0 atom stereocenters. The molecular formula is C16H11ClN2O4. The summed E-state index contributed by atoms with van der Waals surface area (Å²) in [6.07, 6.45) is -1.02. The van der Waals surface area contributed by atoms with Crippen LogP contribution in [0.15, 0.2) is 47.3 Å². The summed E-state index contributed by atoms with van der Waals surface area (Å²) in [5.41, 5.74) is 0.969. The molecule has 7 heteroatoms. The van der Waals surface area contributed by atoms with E-state index in [4.69, 9.17) is 16.7 Å². The van der Waals surface area contributed by atoms with Crippen molar-refractivity contribution in [2.24, 2.45) is 0 Å². The Morgan fingerprint density at radius 2 is 2.09 bits per heavy atom. The topological polar surface area (TPSA) is 92.3 Å². The number of hydrogen-bond acceptors (Lipinski definition) is 4. The highest BCUT2D eigenvalue weighted by Crippen LogP contribution is 2.18. The normalized spacial score (nSPS) is 10.7. The number of aromatic nitrogens is 2. The highest BCUT2D eigenvalue weighted by atomic mass is 35.5. The predicted octanol–water partition coefficient (Wildman–Crippen LogP) is 3.22. The highest BCUT2D eigenvalue weighted by Gasteiger charge is 2.08. The van der Waals surface area contributed by atoms with E-state index in [1.54, 1.807) is 12.1 Å². The van der Waals surface area contributed by atoms with Gasteiger partial charge in [-0.2, -0.15) is 0 Å². The van der Waals surface area contributed by atoms with Gasteiger partial charge in [-0.1, -0.05) is 23.7 Å². The fourth-order valence-corrected chi connectivity index (χ4v) is 2.47. The van der Waals surface area contributed by atoms with E-state index in [9.17, 15) is 9.59 Å². The maximum atomic E-state index is 12.1. The lowest BCUT2D eigenvalue weighted by atomic mass is 10.1. The van der Waals surface area contributed by atoms with Gasteiger partial charge in [0.2, 0.25) is 0 Å². The molecule has 1 aromatic heterocycles. The molecule has 0 fully saturated rings. The van der Waals surface area contributed by atoms with Crippen molar-refractivity contribution in [2.75, 3.05) is 0 Å². The molecule has 0 spiro atoms. The Kier molecular flexibility index (Phi) is 3.99. The average molecular weight is 331 g/mol. The van der Waals surface area contributed by atoms with Crippen LogP contribution in [0.1, 0.15) is 11.4 Å². The molecule has 0 unspecified atom stereocenters. The number of hydrogen-bond donors (Lipinski definition) is 2. The summed E-state index contributed by atoms with van der Waals surface area (Å²) >= 11 is 5.94. The molecule has 2 N–H and O–H groups in total. The number of carboxylic acid groups (broad SMARTS) is 1. The van der Waals surface area contributed by atoms with Crippen LogP contribution in [0.5, 0.6) is 5.75 Å². The van der Waals surface area contributed by atoms with E-state index < -0.39 is 6.16 Å². The van der Waals surface area contributed by atoms with Crippen molar-refractivity contribution in [1.82, 2.24) is 9.97 Å². The molecule has 0 aliphatic heterocycles. The number of halogens is 1. The molecule has 0 aliphatic rings. The Bertz CT molecular complexity index is 952. The lowest BCUT2D eigenvalue weighted by Crippen LogP contribution is -2.12. The molecule has 0 amide bonds. The number of H-pyrrole nitrogens is 1. The lowest BCUT2D eigenvalue weighted by Gasteiger charge is -2.05. The van der Waals surface area contributed by atoms with Crippen molar-refractivity contribution in [3.05, 3.63) is 69.2 Å². The molecule has 0 saturated carbocycles. The molecule has 116 valence electrons. The van der Waals surface area contributed by atoms with E-state index in [2.05, 4.69) is 14.7 Å². The Balaban J connectivity index is 2.01. The molecule has 2 aromatic carbocycles. The second-order valence-electron chi connectivity index (χ2n) is 4.87. The van der Waals surface area contributed by atoms with Gasteiger partial charge in [0, 0.05) is 17.5 Å². The average Bonchev–Trinajstić information content (AvgIpc) is 2.46. The van der Waals surface area contributed by atoms with Crippen LogP contribution in [0.2, 0.25) is 5.02 Å². The number of rotatable bonds is 3. The molecule has 3 aromatic rings. The first-order valence-corrected chi connectivity index (χ1v) is 7.07. The summed E-state index contributed by atoms with van der Waals surface area (Å²) in [5, 5.41) is 9.60. The minimum atomic E-state index is -1.42. The van der Waals surface area contributed by atoms with E-state index in [0.717, 1.165) is 5.56 Å². The summed E-state index contributed by atoms with van der Waals surface area (Å²) in [7, 11) is 0. The minimum Gasteiger partial charge on any atom is -0.449 e. The van der Waals surface area contributed by atoms with E-state index in [0.29, 0.717) is 28.2 Å². The van der Waals surface area contributed by atoms with Gasteiger partial charge < -0.3 is 14.8 Å². The van der Waals surface area contributed by atoms with Crippen LogP contribution in [-0.4, -0.2) is 21.2 Å². The zero-order valence-corrected chi connectivity index (χ0v) is 12.5.